The molecule has 3 aromatic rings. The highest BCUT2D eigenvalue weighted by Gasteiger charge is 2.24. The quantitative estimate of drug-likeness (QED) is 0.460. The summed E-state index contributed by atoms with van der Waals surface area (Å²) in [6.45, 7) is 5.11. The monoisotopic (exact) mass is 475 g/mol. The van der Waals surface area contributed by atoms with Crippen LogP contribution in [0.2, 0.25) is 0 Å². The number of H-pyrrole nitrogens is 2. The Balaban J connectivity index is 1.83. The van der Waals surface area contributed by atoms with Crippen LogP contribution in [0.3, 0.4) is 0 Å². The Labute approximate surface area is 190 Å². The highest BCUT2D eigenvalue weighted by atomic mass is 32.2. The number of sulfonamides is 1. The molecular weight excluding hydrogens is 450 g/mol. The number of carbonyl (C=O) groups is 2. The second kappa shape index (κ2) is 8.79. The number of aromatic amines is 2. The molecule has 33 heavy (non-hydrogen) atoms. The lowest BCUT2D eigenvalue weighted by Crippen LogP contribution is -2.29. The lowest BCUT2D eigenvalue weighted by atomic mass is 9.96. The molecule has 0 bridgehead atoms. The summed E-state index contributed by atoms with van der Waals surface area (Å²) in [5.74, 6) is -0.894. The zero-order valence-corrected chi connectivity index (χ0v) is 19.7. The summed E-state index contributed by atoms with van der Waals surface area (Å²) in [6, 6.07) is 6.88. The average molecular weight is 476 g/mol. The predicted octanol–water partition coefficient (Wildman–Crippen LogP) is 1.84. The Morgan fingerprint density at radius 2 is 1.79 bits per heavy atom. The number of anilines is 1. The smallest absolute Gasteiger partial charge is 0.337 e. The van der Waals surface area contributed by atoms with E-state index in [0.29, 0.717) is 5.69 Å². The van der Waals surface area contributed by atoms with Gasteiger partial charge in [0.2, 0.25) is 21.9 Å². The van der Waals surface area contributed by atoms with Crippen LogP contribution >= 0.6 is 0 Å². The molecule has 0 atom stereocenters. The number of rotatable bonds is 6. The highest BCUT2D eigenvalue weighted by molar-refractivity contribution is 7.89. The molecule has 0 fully saturated rings. The number of benzene rings is 1. The molecular formula is C21H25N5O6S. The van der Waals surface area contributed by atoms with Crippen LogP contribution in [0.25, 0.3) is 11.0 Å². The van der Waals surface area contributed by atoms with Crippen molar-refractivity contribution in [3.05, 3.63) is 51.9 Å². The number of aromatic nitrogens is 3. The lowest BCUT2D eigenvalue weighted by molar-refractivity contribution is -0.123. The molecule has 0 saturated heterocycles. The van der Waals surface area contributed by atoms with E-state index in [-0.39, 0.29) is 39.9 Å². The molecule has 0 spiro atoms. The van der Waals surface area contributed by atoms with Crippen molar-refractivity contribution >= 4 is 38.9 Å². The lowest BCUT2D eigenvalue weighted by Gasteiger charge is -2.16. The maximum atomic E-state index is 12.9. The van der Waals surface area contributed by atoms with Crippen molar-refractivity contribution in [2.24, 2.45) is 5.41 Å². The molecule has 1 aromatic carbocycles. The molecule has 2 heterocycles. The Morgan fingerprint density at radius 3 is 2.36 bits per heavy atom. The van der Waals surface area contributed by atoms with Gasteiger partial charge in [0, 0.05) is 18.2 Å². The van der Waals surface area contributed by atoms with Crippen LogP contribution in [0.15, 0.2) is 40.0 Å². The van der Waals surface area contributed by atoms with Gasteiger partial charge in [0.05, 0.1) is 29.5 Å². The fourth-order valence-corrected chi connectivity index (χ4v) is 4.05. The van der Waals surface area contributed by atoms with E-state index < -0.39 is 27.0 Å². The van der Waals surface area contributed by atoms with E-state index in [9.17, 15) is 22.8 Å². The number of hydrogen-bond acceptors (Lipinski definition) is 7. The van der Waals surface area contributed by atoms with Gasteiger partial charge in [0.25, 0.3) is 5.56 Å². The van der Waals surface area contributed by atoms with Crippen LogP contribution in [0.5, 0.6) is 0 Å². The summed E-state index contributed by atoms with van der Waals surface area (Å²) in [4.78, 5) is 45.8. The molecule has 2 aromatic heterocycles. The SMILES string of the molecule is COC(=O)c1ccc(S(=O)(=O)N(C)Cc2cc3c(=O)[nH]c(NC(=O)C(C)(C)C)nc3[nH]2)cc1. The largest absolute Gasteiger partial charge is 0.465 e. The first kappa shape index (κ1) is 24.1. The maximum absolute atomic E-state index is 12.9. The number of hydrogen-bond donors (Lipinski definition) is 3. The summed E-state index contributed by atoms with van der Waals surface area (Å²) in [7, 11) is -1.25. The van der Waals surface area contributed by atoms with Gasteiger partial charge in [-0.1, -0.05) is 20.8 Å². The minimum atomic E-state index is -3.88. The molecule has 3 rings (SSSR count). The van der Waals surface area contributed by atoms with Gasteiger partial charge < -0.3 is 9.72 Å². The second-order valence-corrected chi connectivity index (χ2v) is 10.5. The Bertz CT molecular complexity index is 1370. The van der Waals surface area contributed by atoms with E-state index in [2.05, 4.69) is 25.0 Å². The third kappa shape index (κ3) is 5.12. The van der Waals surface area contributed by atoms with Gasteiger partial charge in [0.1, 0.15) is 5.65 Å². The zero-order chi connectivity index (χ0) is 24.6. The first-order valence-corrected chi connectivity index (χ1v) is 11.3. The van der Waals surface area contributed by atoms with Gasteiger partial charge >= 0.3 is 5.97 Å². The van der Waals surface area contributed by atoms with E-state index in [1.807, 2.05) is 0 Å². The van der Waals surface area contributed by atoms with Crippen molar-refractivity contribution in [1.29, 1.82) is 0 Å². The van der Waals surface area contributed by atoms with Gasteiger partial charge in [0.15, 0.2) is 0 Å². The zero-order valence-electron chi connectivity index (χ0n) is 18.8. The Hall–Kier alpha value is -3.51. The second-order valence-electron chi connectivity index (χ2n) is 8.45. The number of nitrogens with one attached hydrogen (secondary N) is 3. The van der Waals surface area contributed by atoms with Gasteiger partial charge in [-0.25, -0.2) is 13.2 Å². The third-order valence-corrected chi connectivity index (χ3v) is 6.66. The number of methoxy groups -OCH3 is 1. The molecule has 0 radical (unpaired) electrons. The molecule has 11 nitrogen and oxygen atoms in total. The van der Waals surface area contributed by atoms with Gasteiger partial charge in [-0.2, -0.15) is 9.29 Å². The number of fused-ring (bicyclic) bond motifs is 1. The Kier molecular flexibility index (Phi) is 6.43. The van der Waals surface area contributed by atoms with Crippen LogP contribution in [-0.2, 0) is 26.1 Å². The highest BCUT2D eigenvalue weighted by Crippen LogP contribution is 2.20. The molecule has 176 valence electrons. The third-order valence-electron chi connectivity index (χ3n) is 4.84. The van der Waals surface area contributed by atoms with Crippen LogP contribution in [0.4, 0.5) is 5.95 Å². The van der Waals surface area contributed by atoms with Crippen molar-refractivity contribution in [2.45, 2.75) is 32.2 Å². The van der Waals surface area contributed by atoms with E-state index >= 15 is 0 Å². The summed E-state index contributed by atoms with van der Waals surface area (Å²) in [5.41, 5.74) is -0.281. The van der Waals surface area contributed by atoms with Crippen LogP contribution in [0.1, 0.15) is 36.8 Å². The van der Waals surface area contributed by atoms with E-state index in [0.717, 1.165) is 4.31 Å². The van der Waals surface area contributed by atoms with Gasteiger partial charge in [-0.3, -0.25) is 19.9 Å². The number of carbonyl (C=O) groups excluding carboxylic acids is 2. The van der Waals surface area contributed by atoms with Crippen LogP contribution < -0.4 is 10.9 Å². The normalized spacial score (nSPS) is 12.2. The van der Waals surface area contributed by atoms with Crippen molar-refractivity contribution in [2.75, 3.05) is 19.5 Å². The number of esters is 1. The number of nitrogens with zero attached hydrogens (tertiary/aromatic N) is 2. The first-order chi connectivity index (χ1) is 15.3. The number of amides is 1. The molecule has 0 saturated carbocycles. The van der Waals surface area contributed by atoms with Crippen LogP contribution in [0, 0.1) is 5.41 Å². The molecule has 0 unspecified atom stereocenters. The van der Waals surface area contributed by atoms with Crippen LogP contribution in [-0.4, -0.2) is 53.7 Å². The van der Waals surface area contributed by atoms with Gasteiger partial charge in [-0.05, 0) is 30.3 Å². The van der Waals surface area contributed by atoms with Crippen molar-refractivity contribution < 1.29 is 22.7 Å². The minimum absolute atomic E-state index is 0.00286. The van der Waals surface area contributed by atoms with Crippen molar-refractivity contribution in [3.8, 4) is 0 Å². The van der Waals surface area contributed by atoms with Crippen molar-refractivity contribution in [1.82, 2.24) is 19.3 Å². The predicted molar refractivity (Wildman–Crippen MR) is 121 cm³/mol. The van der Waals surface area contributed by atoms with Crippen molar-refractivity contribution in [3.63, 3.8) is 0 Å². The molecule has 0 aliphatic carbocycles. The van der Waals surface area contributed by atoms with Gasteiger partial charge in [-0.15, -0.1) is 0 Å². The maximum Gasteiger partial charge on any atom is 0.337 e. The molecule has 12 heteroatoms. The standard InChI is InChI=1S/C21H25N5O6S/c1-21(2,3)19(29)25-20-23-16-15(17(27)24-20)10-13(22-16)11-26(4)33(30,31)14-8-6-12(7-9-14)18(28)32-5/h6-10H,11H2,1-5H3,(H3,22,23,24,25,27,29). The molecule has 1 amide bonds. The summed E-state index contributed by atoms with van der Waals surface area (Å²) >= 11 is 0. The Morgan fingerprint density at radius 1 is 1.15 bits per heavy atom. The summed E-state index contributed by atoms with van der Waals surface area (Å²) in [5, 5.41) is 2.79. The fraction of sp³-hybridized carbons (Fsp3) is 0.333. The molecule has 0 aliphatic heterocycles. The van der Waals surface area contributed by atoms with E-state index in [4.69, 9.17) is 0 Å². The number of ether oxygens (including phenoxy) is 1. The average Bonchev–Trinajstić information content (AvgIpc) is 3.15. The fourth-order valence-electron chi connectivity index (χ4n) is 2.90. The minimum Gasteiger partial charge on any atom is -0.465 e. The summed E-state index contributed by atoms with van der Waals surface area (Å²) in [6.07, 6.45) is 0. The summed E-state index contributed by atoms with van der Waals surface area (Å²) < 4.78 is 31.5. The first-order valence-electron chi connectivity index (χ1n) is 9.91. The topological polar surface area (TPSA) is 154 Å². The molecule has 3 N–H and O–H groups in total. The molecule has 0 aliphatic rings. The van der Waals surface area contributed by atoms with E-state index in [1.165, 1.54) is 44.5 Å². The van der Waals surface area contributed by atoms with E-state index in [1.54, 1.807) is 20.8 Å².